The normalized spacial score (nSPS) is 11.6. The smallest absolute Gasteiger partial charge is 0.399 e. The van der Waals surface area contributed by atoms with Crippen molar-refractivity contribution in [3.63, 3.8) is 0 Å². The first-order chi connectivity index (χ1) is 18.5. The number of anilines is 2. The van der Waals surface area contributed by atoms with Crippen LogP contribution in [0, 0.1) is 6.92 Å². The average Bonchev–Trinajstić information content (AvgIpc) is 3.54. The van der Waals surface area contributed by atoms with Crippen molar-refractivity contribution in [2.45, 2.75) is 13.1 Å². The van der Waals surface area contributed by atoms with Crippen LogP contribution in [0.15, 0.2) is 67.0 Å². The fraction of sp³-hybridized carbons (Fsp3) is 0.185. The molecule has 200 valence electrons. The number of hydrogen-bond donors (Lipinski definition) is 2. The van der Waals surface area contributed by atoms with Gasteiger partial charge in [0.2, 0.25) is 11.9 Å². The lowest BCUT2D eigenvalue weighted by atomic mass is 9.95. The number of halogens is 3. The Morgan fingerprint density at radius 1 is 1.10 bits per heavy atom. The number of benzene rings is 2. The highest BCUT2D eigenvalue weighted by Gasteiger charge is 2.31. The zero-order chi connectivity index (χ0) is 27.9. The van der Waals surface area contributed by atoms with E-state index < -0.39 is 11.7 Å². The van der Waals surface area contributed by atoms with Crippen molar-refractivity contribution in [3.8, 4) is 28.1 Å². The van der Waals surface area contributed by atoms with Gasteiger partial charge in [-0.25, -0.2) is 9.20 Å². The molecule has 0 aliphatic rings. The molecule has 0 unspecified atom stereocenters. The molecule has 0 bridgehead atoms. The van der Waals surface area contributed by atoms with Crippen molar-refractivity contribution in [2.75, 3.05) is 31.7 Å². The highest BCUT2D eigenvalue weighted by atomic mass is 19.4. The van der Waals surface area contributed by atoms with Gasteiger partial charge in [-0.05, 0) is 60.5 Å². The van der Waals surface area contributed by atoms with Crippen LogP contribution in [0.5, 0.6) is 0 Å². The Balaban J connectivity index is 1.71. The van der Waals surface area contributed by atoms with Crippen molar-refractivity contribution in [3.05, 3.63) is 78.1 Å². The van der Waals surface area contributed by atoms with Crippen LogP contribution in [-0.2, 0) is 11.0 Å². The van der Waals surface area contributed by atoms with E-state index >= 15 is 0 Å². The highest BCUT2D eigenvalue weighted by molar-refractivity contribution is 5.87. The molecule has 5 aromatic rings. The Kier molecular flexibility index (Phi) is 6.46. The predicted octanol–water partition coefficient (Wildman–Crippen LogP) is 4.66. The van der Waals surface area contributed by atoms with E-state index in [1.165, 1.54) is 15.5 Å². The van der Waals surface area contributed by atoms with E-state index in [4.69, 9.17) is 5.73 Å². The number of fused-ring (bicyclic) bond motifs is 1. The third kappa shape index (κ3) is 5.00. The Morgan fingerprint density at radius 3 is 2.54 bits per heavy atom. The predicted molar refractivity (Wildman–Crippen MR) is 142 cm³/mol. The number of aromatic nitrogens is 5. The molecule has 0 atom stereocenters. The molecular formula is C27H25F3N8O. The fourth-order valence-electron chi connectivity index (χ4n) is 4.28. The summed E-state index contributed by atoms with van der Waals surface area (Å²) in [5, 5.41) is 11.8. The molecule has 0 radical (unpaired) electrons. The van der Waals surface area contributed by atoms with Gasteiger partial charge in [0.05, 0.1) is 29.7 Å². The lowest BCUT2D eigenvalue weighted by molar-refractivity contribution is -0.137. The monoisotopic (exact) mass is 534 g/mol. The zero-order valence-corrected chi connectivity index (χ0v) is 21.4. The molecule has 2 aromatic carbocycles. The molecule has 3 N–H and O–H groups in total. The highest BCUT2D eigenvalue weighted by Crippen LogP contribution is 2.38. The number of nitrogens with one attached hydrogen (secondary N) is 1. The van der Waals surface area contributed by atoms with Gasteiger partial charge in [-0.1, -0.05) is 12.1 Å². The lowest BCUT2D eigenvalue weighted by Gasteiger charge is -2.16. The number of rotatable bonds is 6. The van der Waals surface area contributed by atoms with E-state index in [2.05, 4.69) is 20.5 Å². The van der Waals surface area contributed by atoms with Crippen molar-refractivity contribution in [2.24, 2.45) is 0 Å². The molecule has 3 aromatic heterocycles. The Hall–Kier alpha value is -4.87. The Morgan fingerprint density at radius 2 is 1.85 bits per heavy atom. The largest absolute Gasteiger partial charge is 0.416 e. The number of nitrogens with zero attached hydrogens (tertiary/aromatic N) is 6. The molecule has 0 saturated heterocycles. The summed E-state index contributed by atoms with van der Waals surface area (Å²) >= 11 is 0. The maximum absolute atomic E-state index is 13.6. The number of alkyl halides is 3. The molecule has 3 heterocycles. The summed E-state index contributed by atoms with van der Waals surface area (Å²) in [6.07, 6.45) is -1.13. The maximum atomic E-state index is 13.6. The number of nitrogen functional groups attached to an aromatic ring is 1. The van der Waals surface area contributed by atoms with Crippen molar-refractivity contribution >= 4 is 23.2 Å². The molecule has 39 heavy (non-hydrogen) atoms. The van der Waals surface area contributed by atoms with E-state index in [1.807, 2.05) is 25.1 Å². The van der Waals surface area contributed by atoms with Gasteiger partial charge in [-0.2, -0.15) is 23.3 Å². The van der Waals surface area contributed by atoms with Gasteiger partial charge in [-0.15, -0.1) is 5.10 Å². The van der Waals surface area contributed by atoms with Gasteiger partial charge in [-0.3, -0.25) is 4.79 Å². The molecule has 0 fully saturated rings. The molecule has 0 spiro atoms. The second-order valence-electron chi connectivity index (χ2n) is 9.19. The van der Waals surface area contributed by atoms with E-state index in [0.717, 1.165) is 17.8 Å². The zero-order valence-electron chi connectivity index (χ0n) is 21.4. The SMILES string of the molecule is Cc1c(-c2ccnn2-c2ccc(N)cc2)cn2nc(NCC(=O)N(C)C)nc2c1-c1cccc(C(F)(F)F)c1. The van der Waals surface area contributed by atoms with Gasteiger partial charge in [0.15, 0.2) is 5.65 Å². The van der Waals surface area contributed by atoms with Crippen LogP contribution < -0.4 is 11.1 Å². The summed E-state index contributed by atoms with van der Waals surface area (Å²) in [7, 11) is 3.26. The maximum Gasteiger partial charge on any atom is 0.416 e. The summed E-state index contributed by atoms with van der Waals surface area (Å²) in [5.41, 5.74) is 9.64. The number of pyridine rings is 1. The van der Waals surface area contributed by atoms with Crippen molar-refractivity contribution in [1.82, 2.24) is 29.3 Å². The molecule has 5 rings (SSSR count). The van der Waals surface area contributed by atoms with Gasteiger partial charge in [0, 0.05) is 37.1 Å². The quantitative estimate of drug-likeness (QED) is 0.307. The molecule has 0 aliphatic heterocycles. The Bertz CT molecular complexity index is 1670. The fourth-order valence-corrected chi connectivity index (χ4v) is 4.28. The minimum Gasteiger partial charge on any atom is -0.399 e. The van der Waals surface area contributed by atoms with Crippen LogP contribution in [0.1, 0.15) is 11.1 Å². The number of nitrogens with two attached hydrogens (primary N) is 1. The van der Waals surface area contributed by atoms with Crippen molar-refractivity contribution in [1.29, 1.82) is 0 Å². The minimum atomic E-state index is -4.52. The molecule has 1 amide bonds. The summed E-state index contributed by atoms with van der Waals surface area (Å²) in [4.78, 5) is 18.1. The summed E-state index contributed by atoms with van der Waals surface area (Å²) in [5.74, 6) is -0.0155. The first-order valence-electron chi connectivity index (χ1n) is 11.9. The van der Waals surface area contributed by atoms with Gasteiger partial charge in [0.1, 0.15) is 0 Å². The first kappa shape index (κ1) is 25.8. The van der Waals surface area contributed by atoms with Crippen molar-refractivity contribution < 1.29 is 18.0 Å². The van der Waals surface area contributed by atoms with Crippen LogP contribution >= 0.6 is 0 Å². The first-order valence-corrected chi connectivity index (χ1v) is 11.9. The number of carbonyl (C=O) groups is 1. The summed E-state index contributed by atoms with van der Waals surface area (Å²) in [6.45, 7) is 1.78. The third-order valence-electron chi connectivity index (χ3n) is 6.32. The molecule has 9 nitrogen and oxygen atoms in total. The third-order valence-corrected chi connectivity index (χ3v) is 6.32. The topological polar surface area (TPSA) is 106 Å². The minimum absolute atomic E-state index is 0.0431. The van der Waals surface area contributed by atoms with Crippen LogP contribution in [0.3, 0.4) is 0 Å². The van der Waals surface area contributed by atoms with E-state index in [1.54, 1.807) is 49.4 Å². The summed E-state index contributed by atoms with van der Waals surface area (Å²) in [6, 6.07) is 14.1. The standard InChI is InChI=1S/C27H25F3N8O/c1-16-21(22-11-12-33-38(22)20-9-7-19(31)8-10-20)15-37-25(34-26(35-37)32-14-23(39)36(2)3)24(16)17-5-4-6-18(13-17)27(28,29)30/h4-13,15H,14,31H2,1-3H3,(H,32,35). The van der Waals surface area contributed by atoms with Gasteiger partial charge < -0.3 is 16.0 Å². The number of carbonyl (C=O) groups excluding carboxylic acids is 1. The molecule has 12 heteroatoms. The van der Waals surface area contributed by atoms with Gasteiger partial charge in [0.25, 0.3) is 0 Å². The number of likely N-dealkylation sites (N-methyl/N-ethyl adjacent to an activating group) is 1. The van der Waals surface area contributed by atoms with Crippen LogP contribution in [0.4, 0.5) is 24.8 Å². The van der Waals surface area contributed by atoms with Crippen LogP contribution in [-0.4, -0.2) is 55.8 Å². The molecule has 0 saturated carbocycles. The lowest BCUT2D eigenvalue weighted by Crippen LogP contribution is -2.28. The van der Waals surface area contributed by atoms with Crippen LogP contribution in [0.25, 0.3) is 33.7 Å². The molecule has 0 aliphatic carbocycles. The van der Waals surface area contributed by atoms with E-state index in [0.29, 0.717) is 39.3 Å². The summed E-state index contributed by atoms with van der Waals surface area (Å²) < 4.78 is 44.1. The van der Waals surface area contributed by atoms with E-state index in [9.17, 15) is 18.0 Å². The number of amides is 1. The second-order valence-corrected chi connectivity index (χ2v) is 9.19. The average molecular weight is 535 g/mol. The van der Waals surface area contributed by atoms with Crippen LogP contribution in [0.2, 0.25) is 0 Å². The van der Waals surface area contributed by atoms with E-state index in [-0.39, 0.29) is 18.4 Å². The second kappa shape index (κ2) is 9.78. The van der Waals surface area contributed by atoms with Gasteiger partial charge >= 0.3 is 6.18 Å². The number of hydrogen-bond acceptors (Lipinski definition) is 6. The molecular weight excluding hydrogens is 509 g/mol. The Labute approximate surface area is 221 Å².